The van der Waals surface area contributed by atoms with E-state index in [0.29, 0.717) is 23.5 Å². The van der Waals surface area contributed by atoms with Gasteiger partial charge < -0.3 is 20.1 Å². The van der Waals surface area contributed by atoms with Crippen LogP contribution in [0, 0.1) is 0 Å². The Morgan fingerprint density at radius 2 is 2.11 bits per heavy atom. The third kappa shape index (κ3) is 4.60. The lowest BCUT2D eigenvalue weighted by atomic mass is 9.83. The van der Waals surface area contributed by atoms with Crippen molar-refractivity contribution in [2.45, 2.75) is 18.4 Å². The van der Waals surface area contributed by atoms with Gasteiger partial charge in [0.2, 0.25) is 0 Å². The van der Waals surface area contributed by atoms with Crippen LogP contribution in [0.25, 0.3) is 0 Å². The Labute approximate surface area is 176 Å². The third-order valence-corrected chi connectivity index (χ3v) is 5.99. The predicted molar refractivity (Wildman–Crippen MR) is 111 cm³/mol. The Balaban J connectivity index is 1.91. The lowest BCUT2D eigenvalue weighted by Crippen LogP contribution is -2.41. The molecular formula is C19H22BrN3O4S. The summed E-state index contributed by atoms with van der Waals surface area (Å²) in [4.78, 5) is 30.8. The number of carbonyl (C=O) groups is 2. The first-order valence-corrected chi connectivity index (χ1v) is 10.6. The standard InChI is InChI=1S/C19H22BrN3O4S/c1-26-17(25)10-14(24)11-19(21,13-4-9-28-12-13)16-3-2-15(18(20)22-16)23-5-7-27-8-6-23/h2-4,9,12H,5-8,10-11,21H2,1H3. The second-order valence-corrected chi connectivity index (χ2v) is 8.09. The fraction of sp³-hybridized carbons (Fsp3) is 0.421. The van der Waals surface area contributed by atoms with Crippen LogP contribution in [-0.2, 0) is 24.6 Å². The molecule has 28 heavy (non-hydrogen) atoms. The highest BCUT2D eigenvalue weighted by atomic mass is 79.9. The van der Waals surface area contributed by atoms with Crippen LogP contribution in [0.2, 0.25) is 0 Å². The molecule has 0 saturated carbocycles. The van der Waals surface area contributed by atoms with E-state index in [-0.39, 0.29) is 18.6 Å². The first kappa shape index (κ1) is 20.9. The Kier molecular flexibility index (Phi) is 6.82. The van der Waals surface area contributed by atoms with Crippen LogP contribution in [0.1, 0.15) is 24.1 Å². The van der Waals surface area contributed by atoms with Crippen molar-refractivity contribution >= 4 is 44.7 Å². The monoisotopic (exact) mass is 467 g/mol. The summed E-state index contributed by atoms with van der Waals surface area (Å²) >= 11 is 5.04. The number of rotatable bonds is 7. The number of morpholine rings is 1. The van der Waals surface area contributed by atoms with E-state index in [0.717, 1.165) is 24.3 Å². The minimum Gasteiger partial charge on any atom is -0.469 e. The largest absolute Gasteiger partial charge is 0.469 e. The fourth-order valence-corrected chi connectivity index (χ4v) is 4.49. The first-order valence-electron chi connectivity index (χ1n) is 8.84. The Morgan fingerprint density at radius 3 is 2.71 bits per heavy atom. The summed E-state index contributed by atoms with van der Waals surface area (Å²) in [6, 6.07) is 5.68. The molecule has 0 radical (unpaired) electrons. The number of nitrogens with zero attached hydrogens (tertiary/aromatic N) is 2. The van der Waals surface area contributed by atoms with E-state index >= 15 is 0 Å². The minimum atomic E-state index is -1.13. The lowest BCUT2D eigenvalue weighted by molar-refractivity contribution is -0.143. The van der Waals surface area contributed by atoms with E-state index in [2.05, 4.69) is 30.6 Å². The average Bonchev–Trinajstić information content (AvgIpc) is 3.23. The van der Waals surface area contributed by atoms with Crippen molar-refractivity contribution < 1.29 is 19.1 Å². The van der Waals surface area contributed by atoms with Gasteiger partial charge in [-0.2, -0.15) is 11.3 Å². The molecule has 1 fully saturated rings. The molecule has 9 heteroatoms. The molecule has 1 atom stereocenters. The normalized spacial score (nSPS) is 16.5. The zero-order chi connectivity index (χ0) is 20.1. The van der Waals surface area contributed by atoms with Gasteiger partial charge in [0.1, 0.15) is 16.8 Å². The quantitative estimate of drug-likeness (QED) is 0.379. The van der Waals surface area contributed by atoms with Crippen molar-refractivity contribution in [2.24, 2.45) is 5.73 Å². The first-order chi connectivity index (χ1) is 13.4. The van der Waals surface area contributed by atoms with Gasteiger partial charge in [-0.3, -0.25) is 9.59 Å². The number of pyridine rings is 1. The number of nitrogens with two attached hydrogens (primary N) is 1. The van der Waals surface area contributed by atoms with Crippen molar-refractivity contribution in [2.75, 3.05) is 38.3 Å². The molecule has 2 aromatic heterocycles. The predicted octanol–water partition coefficient (Wildman–Crippen LogP) is 2.47. The molecule has 1 unspecified atom stereocenters. The molecule has 2 N–H and O–H groups in total. The Morgan fingerprint density at radius 1 is 1.36 bits per heavy atom. The van der Waals surface area contributed by atoms with Gasteiger partial charge in [-0.05, 0) is 50.5 Å². The molecule has 7 nitrogen and oxygen atoms in total. The summed E-state index contributed by atoms with van der Waals surface area (Å²) in [7, 11) is 1.26. The maximum atomic E-state index is 12.5. The van der Waals surface area contributed by atoms with Gasteiger partial charge in [0, 0.05) is 19.5 Å². The summed E-state index contributed by atoms with van der Waals surface area (Å²) in [5, 5.41) is 3.80. The number of hydrogen-bond donors (Lipinski definition) is 1. The summed E-state index contributed by atoms with van der Waals surface area (Å²) < 4.78 is 10.7. The van der Waals surface area contributed by atoms with Crippen molar-refractivity contribution in [3.8, 4) is 0 Å². The molecule has 3 rings (SSSR count). The van der Waals surface area contributed by atoms with Gasteiger partial charge in [-0.15, -0.1) is 0 Å². The molecule has 150 valence electrons. The second kappa shape index (κ2) is 9.13. The summed E-state index contributed by atoms with van der Waals surface area (Å²) in [6.07, 6.45) is -0.359. The number of carbonyl (C=O) groups excluding carboxylic acids is 2. The van der Waals surface area contributed by atoms with E-state index < -0.39 is 11.5 Å². The van der Waals surface area contributed by atoms with Crippen LogP contribution >= 0.6 is 27.3 Å². The van der Waals surface area contributed by atoms with Gasteiger partial charge in [-0.1, -0.05) is 0 Å². The smallest absolute Gasteiger partial charge is 0.313 e. The number of ketones is 1. The van der Waals surface area contributed by atoms with Crippen LogP contribution in [-0.4, -0.2) is 50.1 Å². The number of halogens is 1. The molecule has 0 amide bonds. The Bertz CT molecular complexity index is 840. The van der Waals surface area contributed by atoms with E-state index in [9.17, 15) is 9.59 Å². The van der Waals surface area contributed by atoms with Gasteiger partial charge >= 0.3 is 5.97 Å². The average molecular weight is 468 g/mol. The zero-order valence-electron chi connectivity index (χ0n) is 15.5. The third-order valence-electron chi connectivity index (χ3n) is 4.72. The molecule has 0 aromatic carbocycles. The lowest BCUT2D eigenvalue weighted by Gasteiger charge is -2.31. The van der Waals surface area contributed by atoms with Crippen LogP contribution in [0.5, 0.6) is 0 Å². The van der Waals surface area contributed by atoms with Crippen molar-refractivity contribution in [3.05, 3.63) is 44.8 Å². The van der Waals surface area contributed by atoms with Gasteiger partial charge in [0.15, 0.2) is 0 Å². The van der Waals surface area contributed by atoms with Gasteiger partial charge in [0.05, 0.1) is 37.2 Å². The number of thiophene rings is 1. The maximum Gasteiger partial charge on any atom is 0.313 e. The summed E-state index contributed by atoms with van der Waals surface area (Å²) in [5.74, 6) is -0.870. The highest BCUT2D eigenvalue weighted by molar-refractivity contribution is 9.10. The zero-order valence-corrected chi connectivity index (χ0v) is 17.9. The van der Waals surface area contributed by atoms with Gasteiger partial charge in [0.25, 0.3) is 0 Å². The highest BCUT2D eigenvalue weighted by Crippen LogP contribution is 2.35. The number of ether oxygens (including phenoxy) is 2. The van der Waals surface area contributed by atoms with E-state index in [1.807, 2.05) is 29.0 Å². The van der Waals surface area contributed by atoms with E-state index in [1.165, 1.54) is 18.4 Å². The fourth-order valence-electron chi connectivity index (χ4n) is 3.18. The molecule has 1 saturated heterocycles. The second-order valence-electron chi connectivity index (χ2n) is 6.56. The van der Waals surface area contributed by atoms with Crippen molar-refractivity contribution in [1.29, 1.82) is 0 Å². The molecule has 1 aliphatic heterocycles. The molecule has 0 bridgehead atoms. The van der Waals surface area contributed by atoms with Crippen LogP contribution in [0.3, 0.4) is 0 Å². The number of esters is 1. The topological polar surface area (TPSA) is 94.8 Å². The maximum absolute atomic E-state index is 12.5. The molecule has 3 heterocycles. The number of anilines is 1. The van der Waals surface area contributed by atoms with Crippen LogP contribution < -0.4 is 10.6 Å². The number of Topliss-reactive ketones (excluding diaryl/α,β-unsaturated/α-hetero) is 1. The number of hydrogen-bond acceptors (Lipinski definition) is 8. The van der Waals surface area contributed by atoms with Crippen LogP contribution in [0.4, 0.5) is 5.69 Å². The SMILES string of the molecule is COC(=O)CC(=O)CC(N)(c1ccsc1)c1ccc(N2CCOCC2)c(Br)n1. The molecule has 0 aliphatic carbocycles. The highest BCUT2D eigenvalue weighted by Gasteiger charge is 2.35. The molecule has 2 aromatic rings. The molecule has 0 spiro atoms. The summed E-state index contributed by atoms with van der Waals surface area (Å²) in [5.41, 5.74) is 7.90. The van der Waals surface area contributed by atoms with E-state index in [1.54, 1.807) is 0 Å². The van der Waals surface area contributed by atoms with E-state index in [4.69, 9.17) is 10.5 Å². The van der Waals surface area contributed by atoms with Crippen molar-refractivity contribution in [1.82, 2.24) is 4.98 Å². The molecule has 1 aliphatic rings. The number of methoxy groups -OCH3 is 1. The summed E-state index contributed by atoms with van der Waals surface area (Å²) in [6.45, 7) is 2.92. The van der Waals surface area contributed by atoms with Gasteiger partial charge in [-0.25, -0.2) is 4.98 Å². The van der Waals surface area contributed by atoms with Crippen LogP contribution in [0.15, 0.2) is 33.6 Å². The molecular weight excluding hydrogens is 446 g/mol. The Hall–Kier alpha value is -1.81. The number of aromatic nitrogens is 1. The van der Waals surface area contributed by atoms with Crippen molar-refractivity contribution in [3.63, 3.8) is 0 Å². The minimum absolute atomic E-state index is 0.0465.